The summed E-state index contributed by atoms with van der Waals surface area (Å²) in [6.45, 7) is 8.07. The number of aliphatic hydroxyl groups is 1. The Balaban J connectivity index is 2.92. The molecule has 2 N–H and O–H groups in total. The first kappa shape index (κ1) is 16.1. The Bertz CT molecular complexity index is 521. The molecule has 0 bridgehead atoms. The predicted molar refractivity (Wildman–Crippen MR) is 76.3 cm³/mol. The number of nitrogens with one attached hydrogen (secondary N) is 1. The fourth-order valence-electron chi connectivity index (χ4n) is 1.44. The zero-order valence-electron chi connectivity index (χ0n) is 12.0. The van der Waals surface area contributed by atoms with E-state index in [1.807, 2.05) is 20.8 Å². The van der Waals surface area contributed by atoms with E-state index in [9.17, 15) is 13.5 Å². The molecular formula is C14H23NO3S. The van der Waals surface area contributed by atoms with E-state index in [-0.39, 0.29) is 10.3 Å². The Labute approximate surface area is 115 Å². The second-order valence-corrected chi connectivity index (χ2v) is 7.36. The van der Waals surface area contributed by atoms with E-state index < -0.39 is 16.1 Å². The summed E-state index contributed by atoms with van der Waals surface area (Å²) in [7, 11) is -3.52. The van der Waals surface area contributed by atoms with Crippen molar-refractivity contribution in [3.63, 3.8) is 0 Å². The van der Waals surface area contributed by atoms with Crippen molar-refractivity contribution in [1.29, 1.82) is 0 Å². The topological polar surface area (TPSA) is 66.4 Å². The van der Waals surface area contributed by atoms with Crippen molar-refractivity contribution in [2.24, 2.45) is 5.41 Å². The number of hydrogen-bond acceptors (Lipinski definition) is 3. The zero-order valence-corrected chi connectivity index (χ0v) is 12.8. The van der Waals surface area contributed by atoms with Crippen molar-refractivity contribution in [3.8, 4) is 0 Å². The molecule has 4 nitrogen and oxygen atoms in total. The van der Waals surface area contributed by atoms with Crippen molar-refractivity contribution in [1.82, 2.24) is 4.72 Å². The number of rotatable bonds is 6. The number of hydrogen-bond donors (Lipinski definition) is 2. The van der Waals surface area contributed by atoms with E-state index >= 15 is 0 Å². The highest BCUT2D eigenvalue weighted by Crippen LogP contribution is 2.21. The van der Waals surface area contributed by atoms with Gasteiger partial charge in [-0.25, -0.2) is 13.1 Å². The summed E-state index contributed by atoms with van der Waals surface area (Å²) >= 11 is 0. The standard InChI is InChI=1S/C14H23NO3S/c1-5-14(3,4)10-15-19(17,18)13-8-6-7-12(9-13)11(2)16/h6-9,11,15-16H,5,10H2,1-4H3. The smallest absolute Gasteiger partial charge is 0.240 e. The molecule has 1 rings (SSSR count). The Morgan fingerprint density at radius 3 is 2.53 bits per heavy atom. The third kappa shape index (κ3) is 4.60. The van der Waals surface area contributed by atoms with E-state index in [1.54, 1.807) is 19.1 Å². The van der Waals surface area contributed by atoms with Gasteiger partial charge in [0, 0.05) is 6.54 Å². The summed E-state index contributed by atoms with van der Waals surface area (Å²) in [5.41, 5.74) is 0.521. The van der Waals surface area contributed by atoms with Crippen LogP contribution in [-0.4, -0.2) is 20.1 Å². The molecule has 19 heavy (non-hydrogen) atoms. The van der Waals surface area contributed by atoms with Gasteiger partial charge in [0.15, 0.2) is 0 Å². The second kappa shape index (κ2) is 6.03. The van der Waals surface area contributed by atoms with Crippen LogP contribution in [0.25, 0.3) is 0 Å². The summed E-state index contributed by atoms with van der Waals surface area (Å²) in [4.78, 5) is 0.192. The largest absolute Gasteiger partial charge is 0.389 e. The van der Waals surface area contributed by atoms with E-state index in [2.05, 4.69) is 4.72 Å². The third-order valence-corrected chi connectivity index (χ3v) is 4.75. The molecule has 0 saturated carbocycles. The van der Waals surface area contributed by atoms with Crippen LogP contribution < -0.4 is 4.72 Å². The van der Waals surface area contributed by atoms with Gasteiger partial charge in [0.1, 0.15) is 0 Å². The number of aliphatic hydroxyl groups excluding tert-OH is 1. The van der Waals surface area contributed by atoms with E-state index in [1.165, 1.54) is 12.1 Å². The van der Waals surface area contributed by atoms with Crippen molar-refractivity contribution >= 4 is 10.0 Å². The number of sulfonamides is 1. The summed E-state index contributed by atoms with van der Waals surface area (Å²) in [6.07, 6.45) is 0.214. The van der Waals surface area contributed by atoms with Crippen LogP contribution in [0.3, 0.4) is 0 Å². The minimum absolute atomic E-state index is 0.0745. The first-order valence-corrected chi connectivity index (χ1v) is 7.94. The van der Waals surface area contributed by atoms with Gasteiger partial charge in [-0.3, -0.25) is 0 Å². The molecule has 0 aliphatic heterocycles. The van der Waals surface area contributed by atoms with Gasteiger partial charge in [0.25, 0.3) is 0 Å². The molecule has 0 radical (unpaired) electrons. The Morgan fingerprint density at radius 1 is 1.37 bits per heavy atom. The van der Waals surface area contributed by atoms with Gasteiger partial charge in [-0.2, -0.15) is 0 Å². The molecule has 0 aliphatic rings. The third-order valence-electron chi connectivity index (χ3n) is 3.35. The minimum Gasteiger partial charge on any atom is -0.389 e. The molecule has 1 atom stereocenters. The van der Waals surface area contributed by atoms with E-state index in [0.717, 1.165) is 6.42 Å². The lowest BCUT2D eigenvalue weighted by atomic mass is 9.91. The van der Waals surface area contributed by atoms with Gasteiger partial charge in [-0.15, -0.1) is 0 Å². The highest BCUT2D eigenvalue weighted by molar-refractivity contribution is 7.89. The van der Waals surface area contributed by atoms with Crippen LogP contribution in [0.15, 0.2) is 29.2 Å². The normalized spacial score (nSPS) is 14.4. The van der Waals surface area contributed by atoms with Crippen molar-refractivity contribution in [3.05, 3.63) is 29.8 Å². The average Bonchev–Trinajstić information content (AvgIpc) is 2.37. The quantitative estimate of drug-likeness (QED) is 0.843. The molecule has 0 saturated heterocycles. The highest BCUT2D eigenvalue weighted by atomic mass is 32.2. The second-order valence-electron chi connectivity index (χ2n) is 5.59. The maximum absolute atomic E-state index is 12.2. The molecule has 0 fully saturated rings. The van der Waals surface area contributed by atoms with Crippen LogP contribution >= 0.6 is 0 Å². The molecule has 5 heteroatoms. The molecule has 1 aromatic carbocycles. The number of benzene rings is 1. The van der Waals surface area contributed by atoms with Crippen LogP contribution in [-0.2, 0) is 10.0 Å². The van der Waals surface area contributed by atoms with Gasteiger partial charge in [-0.1, -0.05) is 32.9 Å². The van der Waals surface area contributed by atoms with Crippen LogP contribution in [0.2, 0.25) is 0 Å². The van der Waals surface area contributed by atoms with Crippen LogP contribution in [0.5, 0.6) is 0 Å². The van der Waals surface area contributed by atoms with Gasteiger partial charge in [-0.05, 0) is 36.5 Å². The summed E-state index contributed by atoms with van der Waals surface area (Å²) in [5.74, 6) is 0. The summed E-state index contributed by atoms with van der Waals surface area (Å²) in [5, 5.41) is 9.50. The molecule has 0 aromatic heterocycles. The molecular weight excluding hydrogens is 262 g/mol. The maximum atomic E-state index is 12.2. The molecule has 0 aliphatic carbocycles. The molecule has 108 valence electrons. The van der Waals surface area contributed by atoms with Crippen LogP contribution in [0.1, 0.15) is 45.8 Å². The van der Waals surface area contributed by atoms with Crippen molar-refractivity contribution in [2.45, 2.75) is 45.1 Å². The van der Waals surface area contributed by atoms with Crippen LogP contribution in [0, 0.1) is 5.41 Å². The maximum Gasteiger partial charge on any atom is 0.240 e. The summed E-state index contributed by atoms with van der Waals surface area (Å²) < 4.78 is 27.0. The lowest BCUT2D eigenvalue weighted by Crippen LogP contribution is -2.33. The van der Waals surface area contributed by atoms with Crippen molar-refractivity contribution < 1.29 is 13.5 Å². The van der Waals surface area contributed by atoms with Gasteiger partial charge in [0.2, 0.25) is 10.0 Å². The molecule has 0 spiro atoms. The molecule has 1 unspecified atom stereocenters. The first-order valence-electron chi connectivity index (χ1n) is 6.45. The molecule has 0 amide bonds. The van der Waals surface area contributed by atoms with Gasteiger partial charge < -0.3 is 5.11 Å². The Hall–Kier alpha value is -0.910. The van der Waals surface area contributed by atoms with Crippen molar-refractivity contribution in [2.75, 3.05) is 6.54 Å². The fourth-order valence-corrected chi connectivity index (χ4v) is 2.74. The Kier molecular flexibility index (Phi) is 5.12. The monoisotopic (exact) mass is 285 g/mol. The lowest BCUT2D eigenvalue weighted by Gasteiger charge is -2.22. The minimum atomic E-state index is -3.52. The van der Waals surface area contributed by atoms with Gasteiger partial charge >= 0.3 is 0 Å². The summed E-state index contributed by atoms with van der Waals surface area (Å²) in [6, 6.07) is 6.39. The van der Waals surface area contributed by atoms with Crippen LogP contribution in [0.4, 0.5) is 0 Å². The SMILES string of the molecule is CCC(C)(C)CNS(=O)(=O)c1cccc(C(C)O)c1. The zero-order chi connectivity index (χ0) is 14.7. The van der Waals surface area contributed by atoms with Gasteiger partial charge in [0.05, 0.1) is 11.0 Å². The van der Waals surface area contributed by atoms with E-state index in [4.69, 9.17) is 0 Å². The Morgan fingerprint density at radius 2 is 2.00 bits per heavy atom. The lowest BCUT2D eigenvalue weighted by molar-refractivity contribution is 0.199. The average molecular weight is 285 g/mol. The molecule has 1 aromatic rings. The first-order chi connectivity index (χ1) is 8.68. The predicted octanol–water partition coefficient (Wildman–Crippen LogP) is 2.45. The molecule has 0 heterocycles. The highest BCUT2D eigenvalue weighted by Gasteiger charge is 2.21. The van der Waals surface area contributed by atoms with E-state index in [0.29, 0.717) is 12.1 Å². The fraction of sp³-hybridized carbons (Fsp3) is 0.571.